The number of benzene rings is 1. The molecule has 0 radical (unpaired) electrons. The number of hydrogen-bond donors (Lipinski definition) is 1. The summed E-state index contributed by atoms with van der Waals surface area (Å²) in [5.41, 5.74) is 12.7. The molecule has 0 aliphatic carbocycles. The Morgan fingerprint density at radius 3 is 2.75 bits per heavy atom. The first-order chi connectivity index (χ1) is 9.47. The number of fused-ring (bicyclic) bond motifs is 1. The van der Waals surface area contributed by atoms with Gasteiger partial charge in [-0.15, -0.1) is 0 Å². The van der Waals surface area contributed by atoms with Gasteiger partial charge in [-0.25, -0.2) is 0 Å². The first-order valence-electron chi connectivity index (χ1n) is 6.79. The molecule has 2 N–H and O–H groups in total. The lowest BCUT2D eigenvalue weighted by atomic mass is 10.1. The fraction of sp³-hybridized carbons (Fsp3) is 0.400. The van der Waals surface area contributed by atoms with Crippen molar-refractivity contribution in [3.05, 3.63) is 39.7 Å². The highest BCUT2D eigenvalue weighted by atomic mass is 35.5. The van der Waals surface area contributed by atoms with Gasteiger partial charge >= 0.3 is 0 Å². The molecule has 0 spiro atoms. The Bertz CT molecular complexity index is 675. The maximum atomic E-state index is 6.33. The van der Waals surface area contributed by atoms with Gasteiger partial charge < -0.3 is 10.6 Å². The molecule has 0 atom stereocenters. The summed E-state index contributed by atoms with van der Waals surface area (Å²) in [6.07, 6.45) is 1.06. The number of nitrogen functional groups attached to an aromatic ring is 1. The van der Waals surface area contributed by atoms with Crippen molar-refractivity contribution >= 4 is 23.0 Å². The van der Waals surface area contributed by atoms with Crippen molar-refractivity contribution in [3.63, 3.8) is 0 Å². The standard InChI is InChI=1S/C15H19ClN4/c1-9-6-11-4-5-20(14(11)7-13(9)17)8-12-10(2)18-19(3)15(12)16/h6-7H,4-5,8,17H2,1-3H3. The molecule has 1 aliphatic rings. The highest BCUT2D eigenvalue weighted by Crippen LogP contribution is 2.34. The van der Waals surface area contributed by atoms with Gasteiger partial charge in [-0.2, -0.15) is 5.10 Å². The first-order valence-corrected chi connectivity index (χ1v) is 7.17. The summed E-state index contributed by atoms with van der Waals surface area (Å²) in [5, 5.41) is 5.09. The van der Waals surface area contributed by atoms with Crippen LogP contribution in [0.25, 0.3) is 0 Å². The lowest BCUT2D eigenvalue weighted by molar-refractivity contribution is 0.757. The van der Waals surface area contributed by atoms with E-state index in [0.29, 0.717) is 0 Å². The van der Waals surface area contributed by atoms with Crippen LogP contribution in [0, 0.1) is 13.8 Å². The van der Waals surface area contributed by atoms with Gasteiger partial charge in [-0.05, 0) is 37.5 Å². The van der Waals surface area contributed by atoms with Crippen LogP contribution in [0.1, 0.15) is 22.4 Å². The summed E-state index contributed by atoms with van der Waals surface area (Å²) in [6, 6.07) is 4.28. The second-order valence-electron chi connectivity index (χ2n) is 5.49. The Morgan fingerprint density at radius 2 is 2.10 bits per heavy atom. The van der Waals surface area contributed by atoms with Crippen molar-refractivity contribution < 1.29 is 0 Å². The minimum Gasteiger partial charge on any atom is -0.398 e. The molecule has 1 aromatic heterocycles. The monoisotopic (exact) mass is 290 g/mol. The third-order valence-electron chi connectivity index (χ3n) is 4.08. The maximum absolute atomic E-state index is 6.33. The molecule has 0 fully saturated rings. The number of aromatic nitrogens is 2. The molecule has 0 saturated carbocycles. The lowest BCUT2D eigenvalue weighted by Gasteiger charge is -2.20. The third kappa shape index (κ3) is 2.04. The van der Waals surface area contributed by atoms with Gasteiger partial charge in [-0.3, -0.25) is 4.68 Å². The Labute approximate surface area is 124 Å². The van der Waals surface area contributed by atoms with Crippen molar-refractivity contribution in [1.82, 2.24) is 9.78 Å². The number of rotatable bonds is 2. The van der Waals surface area contributed by atoms with Crippen LogP contribution in [0.15, 0.2) is 12.1 Å². The number of nitrogens with zero attached hydrogens (tertiary/aromatic N) is 3. The van der Waals surface area contributed by atoms with E-state index >= 15 is 0 Å². The van der Waals surface area contributed by atoms with E-state index in [1.54, 1.807) is 4.68 Å². The predicted octanol–water partition coefficient (Wildman–Crippen LogP) is 2.84. The average molecular weight is 291 g/mol. The normalized spacial score (nSPS) is 13.9. The molecule has 1 aromatic carbocycles. The highest BCUT2D eigenvalue weighted by Gasteiger charge is 2.23. The molecular formula is C15H19ClN4. The summed E-state index contributed by atoms with van der Waals surface area (Å²) >= 11 is 6.33. The van der Waals surface area contributed by atoms with Crippen LogP contribution in [0.4, 0.5) is 11.4 Å². The topological polar surface area (TPSA) is 47.1 Å². The van der Waals surface area contributed by atoms with Gasteiger partial charge in [0.05, 0.1) is 5.69 Å². The molecule has 4 nitrogen and oxygen atoms in total. The molecule has 2 aromatic rings. The van der Waals surface area contributed by atoms with Crippen molar-refractivity contribution in [2.24, 2.45) is 7.05 Å². The molecule has 1 aliphatic heterocycles. The largest absolute Gasteiger partial charge is 0.398 e. The summed E-state index contributed by atoms with van der Waals surface area (Å²) in [4.78, 5) is 2.33. The van der Waals surface area contributed by atoms with E-state index in [0.717, 1.165) is 47.2 Å². The number of nitrogens with two attached hydrogens (primary N) is 1. The highest BCUT2D eigenvalue weighted by molar-refractivity contribution is 6.30. The SMILES string of the molecule is Cc1cc2c(cc1N)N(Cc1c(C)nn(C)c1Cl)CC2. The molecule has 0 bridgehead atoms. The van der Waals surface area contributed by atoms with Crippen LogP contribution in [0.5, 0.6) is 0 Å². The molecule has 0 unspecified atom stereocenters. The van der Waals surface area contributed by atoms with E-state index in [1.807, 2.05) is 14.0 Å². The summed E-state index contributed by atoms with van der Waals surface area (Å²) in [6.45, 7) is 5.85. The predicted molar refractivity (Wildman–Crippen MR) is 83.3 cm³/mol. The van der Waals surface area contributed by atoms with Crippen molar-refractivity contribution in [2.75, 3.05) is 17.2 Å². The fourth-order valence-corrected chi connectivity index (χ4v) is 3.09. The Morgan fingerprint density at radius 1 is 1.35 bits per heavy atom. The molecule has 5 heteroatoms. The summed E-state index contributed by atoms with van der Waals surface area (Å²) in [7, 11) is 1.87. The van der Waals surface area contributed by atoms with Crippen LogP contribution in [-0.4, -0.2) is 16.3 Å². The fourth-order valence-electron chi connectivity index (χ4n) is 2.85. The molecule has 3 rings (SSSR count). The zero-order valence-electron chi connectivity index (χ0n) is 12.1. The van der Waals surface area contributed by atoms with Crippen LogP contribution in [-0.2, 0) is 20.0 Å². The van der Waals surface area contributed by atoms with Crippen LogP contribution in [0.2, 0.25) is 5.15 Å². The van der Waals surface area contributed by atoms with E-state index in [1.165, 1.54) is 11.3 Å². The van der Waals surface area contributed by atoms with Gasteiger partial charge in [0.15, 0.2) is 0 Å². The Kier molecular flexibility index (Phi) is 3.13. The van der Waals surface area contributed by atoms with Crippen LogP contribution in [0.3, 0.4) is 0 Å². The van der Waals surface area contributed by atoms with Crippen molar-refractivity contribution in [2.45, 2.75) is 26.8 Å². The lowest BCUT2D eigenvalue weighted by Crippen LogP contribution is -2.20. The molecule has 20 heavy (non-hydrogen) atoms. The molecule has 0 saturated heterocycles. The minimum atomic E-state index is 0.719. The Hall–Kier alpha value is -1.68. The van der Waals surface area contributed by atoms with E-state index in [-0.39, 0.29) is 0 Å². The maximum Gasteiger partial charge on any atom is 0.131 e. The number of anilines is 2. The van der Waals surface area contributed by atoms with Crippen molar-refractivity contribution in [3.8, 4) is 0 Å². The number of aryl methyl sites for hydroxylation is 3. The summed E-state index contributed by atoms with van der Waals surface area (Å²) in [5.74, 6) is 0. The molecular weight excluding hydrogens is 272 g/mol. The van der Waals surface area contributed by atoms with E-state index in [4.69, 9.17) is 17.3 Å². The van der Waals surface area contributed by atoms with Gasteiger partial charge in [0.1, 0.15) is 5.15 Å². The quantitative estimate of drug-likeness (QED) is 0.865. The van der Waals surface area contributed by atoms with Gasteiger partial charge in [-0.1, -0.05) is 17.7 Å². The zero-order valence-corrected chi connectivity index (χ0v) is 12.8. The third-order valence-corrected chi connectivity index (χ3v) is 4.55. The molecule has 0 amide bonds. The smallest absolute Gasteiger partial charge is 0.131 e. The van der Waals surface area contributed by atoms with Gasteiger partial charge in [0.2, 0.25) is 0 Å². The minimum absolute atomic E-state index is 0.719. The van der Waals surface area contributed by atoms with Gasteiger partial charge in [0, 0.05) is 37.1 Å². The summed E-state index contributed by atoms with van der Waals surface area (Å²) < 4.78 is 1.73. The first kappa shape index (κ1) is 13.3. The van der Waals surface area contributed by atoms with Crippen LogP contribution < -0.4 is 10.6 Å². The molecule has 106 valence electrons. The van der Waals surface area contributed by atoms with Crippen LogP contribution >= 0.6 is 11.6 Å². The Balaban J connectivity index is 1.94. The number of halogens is 1. The number of hydrogen-bond acceptors (Lipinski definition) is 3. The van der Waals surface area contributed by atoms with Crippen molar-refractivity contribution in [1.29, 1.82) is 0 Å². The van der Waals surface area contributed by atoms with E-state index in [9.17, 15) is 0 Å². The second kappa shape index (κ2) is 4.70. The second-order valence-corrected chi connectivity index (χ2v) is 5.85. The van der Waals surface area contributed by atoms with Gasteiger partial charge in [0.25, 0.3) is 0 Å². The molecule has 2 heterocycles. The van der Waals surface area contributed by atoms with E-state index < -0.39 is 0 Å². The average Bonchev–Trinajstić information content (AvgIpc) is 2.87. The zero-order chi connectivity index (χ0) is 14.4. The van der Waals surface area contributed by atoms with E-state index in [2.05, 4.69) is 29.1 Å².